The lowest BCUT2D eigenvalue weighted by Gasteiger charge is -2.18. The van der Waals surface area contributed by atoms with Crippen molar-refractivity contribution in [1.82, 2.24) is 4.90 Å². The zero-order valence-corrected chi connectivity index (χ0v) is 14.4. The smallest absolute Gasteiger partial charge is 0.150 e. The second kappa shape index (κ2) is 9.00. The number of hydrogen-bond donors (Lipinski definition) is 2. The summed E-state index contributed by atoms with van der Waals surface area (Å²) >= 11 is 0. The molecule has 0 unspecified atom stereocenters. The van der Waals surface area contributed by atoms with Gasteiger partial charge in [-0.2, -0.15) is 0 Å². The molecule has 0 amide bonds. The average molecular weight is 304 g/mol. The van der Waals surface area contributed by atoms with Crippen molar-refractivity contribution in [2.24, 2.45) is 21.9 Å². The van der Waals surface area contributed by atoms with Crippen molar-refractivity contribution in [3.8, 4) is 0 Å². The highest BCUT2D eigenvalue weighted by molar-refractivity contribution is 5.94. The predicted octanol–water partition coefficient (Wildman–Crippen LogP) is 2.55. The molecule has 0 spiro atoms. The van der Waals surface area contributed by atoms with Crippen LogP contribution in [0, 0.1) is 5.41 Å². The van der Waals surface area contributed by atoms with E-state index in [0.717, 1.165) is 6.29 Å². The van der Waals surface area contributed by atoms with Crippen molar-refractivity contribution in [1.29, 1.82) is 0 Å². The van der Waals surface area contributed by atoms with E-state index >= 15 is 0 Å². The quantitative estimate of drug-likeness (QED) is 0.510. The van der Waals surface area contributed by atoms with Crippen LogP contribution in [0.5, 0.6) is 0 Å². The molecule has 5 heteroatoms. The molecular formula is C17H28N4O. The van der Waals surface area contributed by atoms with Gasteiger partial charge >= 0.3 is 0 Å². The summed E-state index contributed by atoms with van der Waals surface area (Å²) in [5.74, 6) is 0.348. The van der Waals surface area contributed by atoms with Gasteiger partial charge < -0.3 is 16.4 Å². The van der Waals surface area contributed by atoms with Crippen LogP contribution in [0.15, 0.2) is 41.0 Å². The van der Waals surface area contributed by atoms with Gasteiger partial charge in [0.25, 0.3) is 0 Å². The maximum Gasteiger partial charge on any atom is 0.150 e. The number of hydrogen-bond acceptors (Lipinski definition) is 4. The van der Waals surface area contributed by atoms with Gasteiger partial charge in [0, 0.05) is 16.7 Å². The summed E-state index contributed by atoms with van der Waals surface area (Å²) in [6.45, 7) is 6.01. The van der Waals surface area contributed by atoms with E-state index in [-0.39, 0.29) is 5.41 Å². The Kier molecular flexibility index (Phi) is 8.12. The second-order valence-electron chi connectivity index (χ2n) is 6.44. The lowest BCUT2D eigenvalue weighted by atomic mass is 9.92. The van der Waals surface area contributed by atoms with Crippen molar-refractivity contribution in [2.75, 3.05) is 21.1 Å². The van der Waals surface area contributed by atoms with Gasteiger partial charge in [-0.3, -0.25) is 4.79 Å². The third kappa shape index (κ3) is 8.92. The maximum absolute atomic E-state index is 10.5. The van der Waals surface area contributed by atoms with Crippen molar-refractivity contribution >= 4 is 17.8 Å². The third-order valence-corrected chi connectivity index (χ3v) is 2.46. The van der Waals surface area contributed by atoms with Crippen LogP contribution in [0.3, 0.4) is 0 Å². The van der Waals surface area contributed by atoms with E-state index in [2.05, 4.69) is 4.99 Å². The average Bonchev–Trinajstić information content (AvgIpc) is 2.37. The zero-order chi connectivity index (χ0) is 17.3. The van der Waals surface area contributed by atoms with Crippen LogP contribution in [-0.2, 0) is 0 Å². The van der Waals surface area contributed by atoms with Gasteiger partial charge in [0.1, 0.15) is 12.1 Å². The van der Waals surface area contributed by atoms with Gasteiger partial charge in [0.15, 0.2) is 0 Å². The molecular weight excluding hydrogens is 276 g/mol. The number of amidine groups is 1. The molecule has 0 bridgehead atoms. The number of carbonyl (C=O) groups excluding carboxylic acids is 1. The Hall–Kier alpha value is -2.14. The van der Waals surface area contributed by atoms with Crippen LogP contribution in [0.1, 0.15) is 31.1 Å². The van der Waals surface area contributed by atoms with Crippen molar-refractivity contribution in [3.63, 3.8) is 0 Å². The summed E-state index contributed by atoms with van der Waals surface area (Å²) in [7, 11) is 6.00. The highest BCUT2D eigenvalue weighted by atomic mass is 16.1. The molecule has 0 aliphatic heterocycles. The molecule has 122 valence electrons. The standard InChI is InChI=1S/C14H19N3O.C3H9N/c1-14(2,3)12(15)8-13(16)17-11-6-4-10(9-18)5-7-11;1-4(2)3/h4-9H,15H2,1-3H3,(H2,16,17);1-3H3/b12-8-;. The van der Waals surface area contributed by atoms with E-state index in [0.29, 0.717) is 22.8 Å². The molecule has 22 heavy (non-hydrogen) atoms. The monoisotopic (exact) mass is 304 g/mol. The molecule has 0 radical (unpaired) electrons. The minimum Gasteiger partial charge on any atom is -0.401 e. The summed E-state index contributed by atoms with van der Waals surface area (Å²) in [6, 6.07) is 6.85. The van der Waals surface area contributed by atoms with Crippen LogP contribution < -0.4 is 11.5 Å². The summed E-state index contributed by atoms with van der Waals surface area (Å²) < 4.78 is 0. The third-order valence-electron chi connectivity index (χ3n) is 2.46. The molecule has 0 atom stereocenters. The summed E-state index contributed by atoms with van der Waals surface area (Å²) in [4.78, 5) is 16.7. The lowest BCUT2D eigenvalue weighted by molar-refractivity contribution is 0.112. The molecule has 0 aromatic heterocycles. The number of aldehydes is 1. The molecule has 0 saturated heterocycles. The molecule has 1 aromatic carbocycles. The van der Waals surface area contributed by atoms with Crippen LogP contribution in [0.25, 0.3) is 0 Å². The Morgan fingerprint density at radius 1 is 1.09 bits per heavy atom. The van der Waals surface area contributed by atoms with Crippen LogP contribution in [0.4, 0.5) is 5.69 Å². The highest BCUT2D eigenvalue weighted by Gasteiger charge is 2.13. The number of aliphatic imine (C=N–C) groups is 1. The zero-order valence-electron chi connectivity index (χ0n) is 14.4. The first-order chi connectivity index (χ1) is 10.1. The largest absolute Gasteiger partial charge is 0.401 e. The predicted molar refractivity (Wildman–Crippen MR) is 94.4 cm³/mol. The fourth-order valence-electron chi connectivity index (χ4n) is 1.18. The van der Waals surface area contributed by atoms with E-state index < -0.39 is 0 Å². The van der Waals surface area contributed by atoms with Crippen LogP contribution >= 0.6 is 0 Å². The maximum atomic E-state index is 10.5. The first-order valence-corrected chi connectivity index (χ1v) is 7.04. The molecule has 5 nitrogen and oxygen atoms in total. The number of nitrogens with two attached hydrogens (primary N) is 2. The van der Waals surface area contributed by atoms with Gasteiger partial charge in [-0.25, -0.2) is 4.99 Å². The molecule has 0 aliphatic carbocycles. The van der Waals surface area contributed by atoms with E-state index in [1.54, 1.807) is 30.3 Å². The Morgan fingerprint density at radius 3 is 1.91 bits per heavy atom. The van der Waals surface area contributed by atoms with Crippen molar-refractivity contribution in [3.05, 3.63) is 41.6 Å². The highest BCUT2D eigenvalue weighted by Crippen LogP contribution is 2.20. The van der Waals surface area contributed by atoms with Gasteiger partial charge in [0.2, 0.25) is 0 Å². The van der Waals surface area contributed by atoms with Gasteiger partial charge in [-0.1, -0.05) is 20.8 Å². The number of carbonyl (C=O) groups is 1. The minimum absolute atomic E-state index is 0.137. The summed E-state index contributed by atoms with van der Waals surface area (Å²) in [5, 5.41) is 0. The van der Waals surface area contributed by atoms with Crippen LogP contribution in [-0.4, -0.2) is 38.2 Å². The van der Waals surface area contributed by atoms with Gasteiger partial charge in [-0.15, -0.1) is 0 Å². The second-order valence-corrected chi connectivity index (χ2v) is 6.44. The Labute approximate surface area is 133 Å². The van der Waals surface area contributed by atoms with Crippen LogP contribution in [0.2, 0.25) is 0 Å². The first kappa shape index (κ1) is 19.9. The number of nitrogens with zero attached hydrogens (tertiary/aromatic N) is 2. The molecule has 0 saturated carbocycles. The first-order valence-electron chi connectivity index (χ1n) is 7.04. The van der Waals surface area contributed by atoms with E-state index in [1.807, 2.05) is 46.8 Å². The van der Waals surface area contributed by atoms with Crippen molar-refractivity contribution < 1.29 is 4.79 Å². The Bertz CT molecular complexity index is 520. The van der Waals surface area contributed by atoms with Gasteiger partial charge in [-0.05, 0) is 51.5 Å². The fraction of sp³-hybridized carbons (Fsp3) is 0.412. The molecule has 1 rings (SSSR count). The van der Waals surface area contributed by atoms with E-state index in [9.17, 15) is 4.79 Å². The Balaban J connectivity index is 0.000000980. The van der Waals surface area contributed by atoms with E-state index in [4.69, 9.17) is 11.5 Å². The fourth-order valence-corrected chi connectivity index (χ4v) is 1.18. The number of rotatable bonds is 3. The molecule has 4 N–H and O–H groups in total. The summed E-state index contributed by atoms with van der Waals surface area (Å²) in [6.07, 6.45) is 2.45. The lowest BCUT2D eigenvalue weighted by Crippen LogP contribution is -2.20. The van der Waals surface area contributed by atoms with Gasteiger partial charge in [0.05, 0.1) is 5.69 Å². The number of benzene rings is 1. The normalized spacial score (nSPS) is 12.7. The minimum atomic E-state index is -0.137. The SMILES string of the molecule is CC(C)(C)/C(N)=C/C(N)=Nc1ccc(C=O)cc1.CN(C)C. The molecule has 0 fully saturated rings. The van der Waals surface area contributed by atoms with Crippen molar-refractivity contribution in [2.45, 2.75) is 20.8 Å². The molecule has 1 aromatic rings. The van der Waals surface area contributed by atoms with E-state index in [1.165, 1.54) is 0 Å². The topological polar surface area (TPSA) is 84.7 Å². The molecule has 0 heterocycles. The summed E-state index contributed by atoms with van der Waals surface area (Å²) in [5.41, 5.74) is 13.5. The Morgan fingerprint density at radius 2 is 1.55 bits per heavy atom. The number of allylic oxidation sites excluding steroid dienone is 1. The molecule has 0 aliphatic rings.